The molecule has 19 heavy (non-hydrogen) atoms. The molecule has 1 aromatic rings. The Balaban J connectivity index is 3.02. The molecule has 0 aromatic heterocycles. The van der Waals surface area contributed by atoms with E-state index >= 15 is 0 Å². The van der Waals surface area contributed by atoms with Crippen LogP contribution in [0.3, 0.4) is 0 Å². The van der Waals surface area contributed by atoms with Crippen molar-refractivity contribution in [1.82, 2.24) is 4.31 Å². The quantitative estimate of drug-likeness (QED) is 0.589. The second kappa shape index (κ2) is 6.98. The summed E-state index contributed by atoms with van der Waals surface area (Å²) in [5.41, 5.74) is 1.00. The Hall–Kier alpha value is -1.77. The minimum Gasteiger partial charge on any atom is -0.505 e. The molecule has 5 heteroatoms. The van der Waals surface area contributed by atoms with E-state index in [2.05, 4.69) is 5.92 Å². The van der Waals surface area contributed by atoms with Gasteiger partial charge < -0.3 is 4.74 Å². The zero-order valence-electron chi connectivity index (χ0n) is 11.0. The number of benzene rings is 1. The van der Waals surface area contributed by atoms with E-state index in [0.29, 0.717) is 0 Å². The van der Waals surface area contributed by atoms with Gasteiger partial charge in [0.05, 0.1) is 24.8 Å². The maximum atomic E-state index is 12.4. The van der Waals surface area contributed by atoms with Crippen molar-refractivity contribution >= 4 is 10.0 Å². The molecule has 0 spiro atoms. The highest BCUT2D eigenvalue weighted by Crippen LogP contribution is 2.16. The topological polar surface area (TPSA) is 46.6 Å². The number of rotatable bonds is 6. The van der Waals surface area contributed by atoms with E-state index in [1.165, 1.54) is 17.7 Å². The lowest BCUT2D eigenvalue weighted by atomic mass is 10.2. The van der Waals surface area contributed by atoms with E-state index < -0.39 is 10.0 Å². The van der Waals surface area contributed by atoms with E-state index in [0.717, 1.165) is 5.56 Å². The van der Waals surface area contributed by atoms with Gasteiger partial charge in [-0.25, -0.2) is 8.42 Å². The van der Waals surface area contributed by atoms with Crippen molar-refractivity contribution in [3.63, 3.8) is 0 Å². The average molecular weight is 279 g/mol. The molecule has 0 atom stereocenters. The maximum absolute atomic E-state index is 12.4. The Morgan fingerprint density at radius 1 is 1.37 bits per heavy atom. The van der Waals surface area contributed by atoms with Gasteiger partial charge in [0.15, 0.2) is 0 Å². The van der Waals surface area contributed by atoms with Crippen molar-refractivity contribution < 1.29 is 13.2 Å². The van der Waals surface area contributed by atoms with Crippen LogP contribution in [-0.4, -0.2) is 32.9 Å². The van der Waals surface area contributed by atoms with Crippen LogP contribution in [0.2, 0.25) is 0 Å². The van der Waals surface area contributed by atoms with Crippen LogP contribution in [0.25, 0.3) is 0 Å². The fourth-order valence-electron chi connectivity index (χ4n) is 1.47. The number of methoxy groups -OCH3 is 1. The van der Waals surface area contributed by atoms with E-state index in [1.54, 1.807) is 30.3 Å². The van der Waals surface area contributed by atoms with E-state index in [-0.39, 0.29) is 18.0 Å². The van der Waals surface area contributed by atoms with Gasteiger partial charge in [0, 0.05) is 6.54 Å². The van der Waals surface area contributed by atoms with Gasteiger partial charge in [0.2, 0.25) is 10.0 Å². The molecule has 0 radical (unpaired) electrons. The van der Waals surface area contributed by atoms with E-state index in [1.807, 2.05) is 6.92 Å². The van der Waals surface area contributed by atoms with Crippen LogP contribution in [0, 0.1) is 19.3 Å². The van der Waals surface area contributed by atoms with Crippen molar-refractivity contribution in [1.29, 1.82) is 0 Å². The first-order valence-electron chi connectivity index (χ1n) is 5.70. The SMILES string of the molecule is C#CCN(C/C=C/OC)S(=O)(=O)c1ccc(C)cc1. The number of ether oxygens (including phenoxy) is 1. The third-order valence-electron chi connectivity index (χ3n) is 2.47. The minimum atomic E-state index is -3.58. The Morgan fingerprint density at radius 3 is 2.53 bits per heavy atom. The summed E-state index contributed by atoms with van der Waals surface area (Å²) in [6.07, 6.45) is 8.25. The van der Waals surface area contributed by atoms with Gasteiger partial charge in [-0.05, 0) is 25.1 Å². The van der Waals surface area contributed by atoms with E-state index in [4.69, 9.17) is 11.2 Å². The Labute approximate surface area is 114 Å². The molecule has 0 aliphatic heterocycles. The van der Waals surface area contributed by atoms with Gasteiger partial charge >= 0.3 is 0 Å². The van der Waals surface area contributed by atoms with Crippen LogP contribution in [0.4, 0.5) is 0 Å². The first-order valence-corrected chi connectivity index (χ1v) is 7.14. The molecule has 0 N–H and O–H groups in total. The molecule has 0 aliphatic rings. The predicted molar refractivity (Wildman–Crippen MR) is 74.9 cm³/mol. The average Bonchev–Trinajstić information content (AvgIpc) is 2.38. The van der Waals surface area contributed by atoms with Gasteiger partial charge in [0.25, 0.3) is 0 Å². The van der Waals surface area contributed by atoms with Crippen LogP contribution in [0.15, 0.2) is 41.5 Å². The summed E-state index contributed by atoms with van der Waals surface area (Å²) in [5, 5.41) is 0. The molecular weight excluding hydrogens is 262 g/mol. The molecule has 0 unspecified atom stereocenters. The highest BCUT2D eigenvalue weighted by Gasteiger charge is 2.22. The van der Waals surface area contributed by atoms with Gasteiger partial charge in [-0.15, -0.1) is 6.42 Å². The second-order valence-electron chi connectivity index (χ2n) is 3.92. The van der Waals surface area contributed by atoms with E-state index in [9.17, 15) is 8.42 Å². The fourth-order valence-corrected chi connectivity index (χ4v) is 2.77. The summed E-state index contributed by atoms with van der Waals surface area (Å²) in [7, 11) is -2.08. The number of sulfonamides is 1. The van der Waals surface area contributed by atoms with Crippen LogP contribution < -0.4 is 0 Å². The second-order valence-corrected chi connectivity index (χ2v) is 5.86. The number of nitrogens with zero attached hydrogens (tertiary/aromatic N) is 1. The third kappa shape index (κ3) is 4.12. The molecule has 0 aliphatic carbocycles. The molecule has 0 amide bonds. The van der Waals surface area contributed by atoms with Crippen LogP contribution in [0.1, 0.15) is 5.56 Å². The van der Waals surface area contributed by atoms with Crippen molar-refractivity contribution in [3.05, 3.63) is 42.2 Å². The molecule has 0 bridgehead atoms. The van der Waals surface area contributed by atoms with Crippen molar-refractivity contribution in [2.45, 2.75) is 11.8 Å². The Kier molecular flexibility index (Phi) is 5.61. The molecule has 0 saturated carbocycles. The number of hydrogen-bond donors (Lipinski definition) is 0. The lowest BCUT2D eigenvalue weighted by Gasteiger charge is -2.18. The highest BCUT2D eigenvalue weighted by atomic mass is 32.2. The molecule has 0 saturated heterocycles. The number of terminal acetylenes is 1. The molecular formula is C14H17NO3S. The normalized spacial score (nSPS) is 11.7. The maximum Gasteiger partial charge on any atom is 0.244 e. The summed E-state index contributed by atoms with van der Waals surface area (Å²) >= 11 is 0. The summed E-state index contributed by atoms with van der Waals surface area (Å²) in [6, 6.07) is 6.67. The van der Waals surface area contributed by atoms with Crippen molar-refractivity contribution in [2.75, 3.05) is 20.2 Å². The molecule has 4 nitrogen and oxygen atoms in total. The molecule has 102 valence electrons. The Bertz CT molecular complexity index is 568. The number of aryl methyl sites for hydroxylation is 1. The molecule has 0 fully saturated rings. The van der Waals surface area contributed by atoms with Gasteiger partial charge in [-0.2, -0.15) is 4.31 Å². The van der Waals surface area contributed by atoms with Crippen LogP contribution in [0.5, 0.6) is 0 Å². The van der Waals surface area contributed by atoms with Gasteiger partial charge in [-0.1, -0.05) is 23.6 Å². The fraction of sp³-hybridized carbons (Fsp3) is 0.286. The standard InChI is InChI=1S/C14H17NO3S/c1-4-10-15(11-5-12-18-3)19(16,17)14-8-6-13(2)7-9-14/h1,5-9,12H,10-11H2,2-3H3/b12-5+. The minimum absolute atomic E-state index is 0.0181. The van der Waals surface area contributed by atoms with Crippen molar-refractivity contribution in [2.24, 2.45) is 0 Å². The highest BCUT2D eigenvalue weighted by molar-refractivity contribution is 7.89. The monoisotopic (exact) mass is 279 g/mol. The van der Waals surface area contributed by atoms with Crippen molar-refractivity contribution in [3.8, 4) is 12.3 Å². The van der Waals surface area contributed by atoms with Crippen LogP contribution >= 0.6 is 0 Å². The summed E-state index contributed by atoms with van der Waals surface area (Å²) in [4.78, 5) is 0.235. The summed E-state index contributed by atoms with van der Waals surface area (Å²) in [5.74, 6) is 2.35. The zero-order chi connectivity index (χ0) is 14.3. The lowest BCUT2D eigenvalue weighted by molar-refractivity contribution is 0.335. The van der Waals surface area contributed by atoms with Gasteiger partial charge in [-0.3, -0.25) is 0 Å². The smallest absolute Gasteiger partial charge is 0.244 e. The molecule has 1 rings (SSSR count). The first-order chi connectivity index (χ1) is 9.02. The zero-order valence-corrected chi connectivity index (χ0v) is 11.9. The lowest BCUT2D eigenvalue weighted by Crippen LogP contribution is -2.31. The predicted octanol–water partition coefficient (Wildman–Crippen LogP) is 1.78. The summed E-state index contributed by atoms with van der Waals surface area (Å²) < 4.78 is 30.7. The van der Waals surface area contributed by atoms with Gasteiger partial charge in [0.1, 0.15) is 0 Å². The Morgan fingerprint density at radius 2 is 2.00 bits per heavy atom. The largest absolute Gasteiger partial charge is 0.505 e. The van der Waals surface area contributed by atoms with Crippen LogP contribution in [-0.2, 0) is 14.8 Å². The third-order valence-corrected chi connectivity index (χ3v) is 4.29. The molecule has 1 aromatic carbocycles. The molecule has 0 heterocycles. The first kappa shape index (κ1) is 15.3. The number of hydrogen-bond acceptors (Lipinski definition) is 3. The summed E-state index contributed by atoms with van der Waals surface area (Å²) in [6.45, 7) is 2.09.